The normalized spacial score (nSPS) is 15.5. The second-order valence-electron chi connectivity index (χ2n) is 8.28. The standard InChI is InChI=1S/C21H23F3N4O3/c1-20(2,3)31-19(29)27-8-6-16(7-9-27)28-13-15(12-26-28)17-5-4-14(11-25)10-18(17)30-21(22,23)24/h4-5,10,12-13,16H,6-9H2,1-3H3. The number of ether oxygens (including phenoxy) is 2. The van der Waals surface area contributed by atoms with Crippen molar-refractivity contribution in [3.63, 3.8) is 0 Å². The monoisotopic (exact) mass is 436 g/mol. The Morgan fingerprint density at radius 3 is 2.48 bits per heavy atom. The Kier molecular flexibility index (Phi) is 6.15. The van der Waals surface area contributed by atoms with Gasteiger partial charge in [0.1, 0.15) is 11.4 Å². The minimum atomic E-state index is -4.88. The highest BCUT2D eigenvalue weighted by atomic mass is 19.4. The van der Waals surface area contributed by atoms with Gasteiger partial charge in [-0.3, -0.25) is 4.68 Å². The molecule has 1 aliphatic rings. The van der Waals surface area contributed by atoms with Crippen molar-refractivity contribution in [3.8, 4) is 22.9 Å². The van der Waals surface area contributed by atoms with Crippen molar-refractivity contribution in [1.29, 1.82) is 5.26 Å². The van der Waals surface area contributed by atoms with Crippen LogP contribution < -0.4 is 4.74 Å². The Morgan fingerprint density at radius 2 is 1.90 bits per heavy atom. The second-order valence-corrected chi connectivity index (χ2v) is 8.28. The van der Waals surface area contributed by atoms with E-state index in [0.29, 0.717) is 31.5 Å². The number of likely N-dealkylation sites (tertiary alicyclic amines) is 1. The van der Waals surface area contributed by atoms with Gasteiger partial charge >= 0.3 is 12.5 Å². The zero-order valence-electron chi connectivity index (χ0n) is 17.4. The van der Waals surface area contributed by atoms with E-state index in [-0.39, 0.29) is 23.3 Å². The van der Waals surface area contributed by atoms with E-state index >= 15 is 0 Å². The molecule has 31 heavy (non-hydrogen) atoms. The average Bonchev–Trinajstić information content (AvgIpc) is 3.15. The average molecular weight is 436 g/mol. The number of nitriles is 1. The quantitative estimate of drug-likeness (QED) is 0.684. The number of halogens is 3. The molecule has 3 rings (SSSR count). The molecule has 166 valence electrons. The predicted octanol–water partition coefficient (Wildman–Crippen LogP) is 4.89. The number of benzene rings is 1. The molecule has 1 aromatic carbocycles. The van der Waals surface area contributed by atoms with Crippen molar-refractivity contribution in [1.82, 2.24) is 14.7 Å². The molecule has 0 atom stereocenters. The third-order valence-corrected chi connectivity index (χ3v) is 4.74. The fourth-order valence-electron chi connectivity index (χ4n) is 3.36. The summed E-state index contributed by atoms with van der Waals surface area (Å²) in [4.78, 5) is 13.8. The number of hydrogen-bond acceptors (Lipinski definition) is 5. The van der Waals surface area contributed by atoms with Crippen LogP contribution in [0.5, 0.6) is 5.75 Å². The van der Waals surface area contributed by atoms with Crippen LogP contribution in [0.1, 0.15) is 45.2 Å². The Hall–Kier alpha value is -3.22. The minimum absolute atomic E-state index is 0.00203. The second kappa shape index (κ2) is 8.49. The minimum Gasteiger partial charge on any atom is -0.444 e. The number of amides is 1. The first-order valence-corrected chi connectivity index (χ1v) is 9.77. The number of piperidine rings is 1. The number of rotatable bonds is 3. The lowest BCUT2D eigenvalue weighted by Crippen LogP contribution is -2.42. The van der Waals surface area contributed by atoms with Crippen LogP contribution in [0.25, 0.3) is 11.1 Å². The number of nitrogens with zero attached hydrogens (tertiary/aromatic N) is 4. The number of carbonyl (C=O) groups is 1. The third-order valence-electron chi connectivity index (χ3n) is 4.74. The van der Waals surface area contributed by atoms with Crippen molar-refractivity contribution >= 4 is 6.09 Å². The van der Waals surface area contributed by atoms with Crippen molar-refractivity contribution in [2.45, 2.75) is 51.6 Å². The summed E-state index contributed by atoms with van der Waals surface area (Å²) in [6, 6.07) is 5.69. The van der Waals surface area contributed by atoms with Crippen LogP contribution in [0.2, 0.25) is 0 Å². The van der Waals surface area contributed by atoms with Crippen LogP contribution in [0, 0.1) is 11.3 Å². The zero-order chi connectivity index (χ0) is 22.8. The zero-order valence-corrected chi connectivity index (χ0v) is 17.4. The molecule has 0 bridgehead atoms. The summed E-state index contributed by atoms with van der Waals surface area (Å²) in [7, 11) is 0. The van der Waals surface area contributed by atoms with Crippen LogP contribution in [0.3, 0.4) is 0 Å². The summed E-state index contributed by atoms with van der Waals surface area (Å²) < 4.78 is 49.6. The molecule has 0 unspecified atom stereocenters. The fourth-order valence-corrected chi connectivity index (χ4v) is 3.36. The van der Waals surface area contributed by atoms with E-state index in [4.69, 9.17) is 10.00 Å². The van der Waals surface area contributed by atoms with Crippen LogP contribution in [-0.2, 0) is 4.74 Å². The number of hydrogen-bond donors (Lipinski definition) is 0. The van der Waals surface area contributed by atoms with Gasteiger partial charge in [-0.05, 0) is 51.8 Å². The van der Waals surface area contributed by atoms with Crippen molar-refractivity contribution in [3.05, 3.63) is 36.2 Å². The molecule has 0 aliphatic carbocycles. The first kappa shape index (κ1) is 22.5. The molecule has 7 nitrogen and oxygen atoms in total. The molecule has 0 spiro atoms. The van der Waals surface area contributed by atoms with E-state index in [1.807, 2.05) is 20.8 Å². The van der Waals surface area contributed by atoms with Crippen molar-refractivity contribution in [2.24, 2.45) is 0 Å². The molecule has 1 saturated heterocycles. The maximum atomic E-state index is 12.8. The summed E-state index contributed by atoms with van der Waals surface area (Å²) in [6.45, 7) is 6.41. The first-order chi connectivity index (χ1) is 14.4. The van der Waals surface area contributed by atoms with Gasteiger partial charge in [-0.1, -0.05) is 0 Å². The third kappa shape index (κ3) is 5.90. The van der Waals surface area contributed by atoms with Crippen LogP contribution in [0.15, 0.2) is 30.6 Å². The SMILES string of the molecule is CC(C)(C)OC(=O)N1CCC(n2cc(-c3ccc(C#N)cc3OC(F)(F)F)cn2)CC1. The van der Waals surface area contributed by atoms with E-state index in [1.165, 1.54) is 18.3 Å². The van der Waals surface area contributed by atoms with Gasteiger partial charge in [-0.25, -0.2) is 4.79 Å². The summed E-state index contributed by atoms with van der Waals surface area (Å²) in [5.74, 6) is -0.453. The molecule has 0 N–H and O–H groups in total. The summed E-state index contributed by atoms with van der Waals surface area (Å²) in [6.07, 6.45) is -0.853. The lowest BCUT2D eigenvalue weighted by atomic mass is 10.0. The Morgan fingerprint density at radius 1 is 1.23 bits per heavy atom. The van der Waals surface area contributed by atoms with Gasteiger partial charge in [0.05, 0.1) is 23.9 Å². The van der Waals surface area contributed by atoms with E-state index in [1.54, 1.807) is 21.8 Å². The molecule has 0 saturated carbocycles. The molecule has 2 aromatic rings. The number of alkyl halides is 3. The fraction of sp³-hybridized carbons (Fsp3) is 0.476. The van der Waals surface area contributed by atoms with Gasteiger partial charge in [-0.2, -0.15) is 10.4 Å². The van der Waals surface area contributed by atoms with Gasteiger partial charge in [0.15, 0.2) is 0 Å². The number of carbonyl (C=O) groups excluding carboxylic acids is 1. The van der Waals surface area contributed by atoms with Crippen LogP contribution in [-0.4, -0.2) is 45.8 Å². The van der Waals surface area contributed by atoms with Crippen molar-refractivity contribution < 1.29 is 27.4 Å². The molecule has 1 aromatic heterocycles. The van der Waals surface area contributed by atoms with Crippen LogP contribution >= 0.6 is 0 Å². The molecular formula is C21H23F3N4O3. The smallest absolute Gasteiger partial charge is 0.444 e. The van der Waals surface area contributed by atoms with Gasteiger partial charge in [0.25, 0.3) is 0 Å². The molecule has 0 radical (unpaired) electrons. The Balaban J connectivity index is 1.73. The lowest BCUT2D eigenvalue weighted by molar-refractivity contribution is -0.274. The highest BCUT2D eigenvalue weighted by Crippen LogP contribution is 2.35. The maximum Gasteiger partial charge on any atom is 0.573 e. The highest BCUT2D eigenvalue weighted by Gasteiger charge is 2.33. The maximum absolute atomic E-state index is 12.8. The van der Waals surface area contributed by atoms with Gasteiger partial charge in [0, 0.05) is 30.4 Å². The van der Waals surface area contributed by atoms with E-state index < -0.39 is 17.7 Å². The summed E-state index contributed by atoms with van der Waals surface area (Å²) in [5, 5.41) is 13.3. The van der Waals surface area contributed by atoms with Crippen LogP contribution in [0.4, 0.5) is 18.0 Å². The Labute approximate surface area is 178 Å². The number of aromatic nitrogens is 2. The molecule has 2 heterocycles. The molecule has 1 amide bonds. The summed E-state index contributed by atoms with van der Waals surface area (Å²) >= 11 is 0. The van der Waals surface area contributed by atoms with Gasteiger partial charge in [0.2, 0.25) is 0 Å². The van der Waals surface area contributed by atoms with E-state index in [0.717, 1.165) is 6.07 Å². The summed E-state index contributed by atoms with van der Waals surface area (Å²) in [5.41, 5.74) is 0.124. The first-order valence-electron chi connectivity index (χ1n) is 9.77. The molecular weight excluding hydrogens is 413 g/mol. The Bertz CT molecular complexity index is 981. The lowest BCUT2D eigenvalue weighted by Gasteiger charge is -2.33. The van der Waals surface area contributed by atoms with Gasteiger partial charge in [-0.15, -0.1) is 13.2 Å². The molecule has 1 fully saturated rings. The highest BCUT2D eigenvalue weighted by molar-refractivity contribution is 5.70. The van der Waals surface area contributed by atoms with Crippen molar-refractivity contribution in [2.75, 3.05) is 13.1 Å². The molecule has 1 aliphatic heterocycles. The van der Waals surface area contributed by atoms with E-state index in [9.17, 15) is 18.0 Å². The largest absolute Gasteiger partial charge is 0.573 e. The predicted molar refractivity (Wildman–Crippen MR) is 105 cm³/mol. The topological polar surface area (TPSA) is 80.4 Å². The van der Waals surface area contributed by atoms with E-state index in [2.05, 4.69) is 9.84 Å². The van der Waals surface area contributed by atoms with Gasteiger partial charge < -0.3 is 14.4 Å². The molecule has 10 heteroatoms.